The van der Waals surface area contributed by atoms with E-state index in [9.17, 15) is 0 Å². The third-order valence-electron chi connectivity index (χ3n) is 3.59. The van der Waals surface area contributed by atoms with Crippen LogP contribution < -0.4 is 10.6 Å². The minimum Gasteiger partial charge on any atom is -0.395 e. The first-order valence-electron chi connectivity index (χ1n) is 8.04. The number of aliphatic hydroxyl groups is 1. The Morgan fingerprint density at radius 3 is 2.57 bits per heavy atom. The van der Waals surface area contributed by atoms with Crippen molar-refractivity contribution in [1.29, 1.82) is 0 Å². The maximum atomic E-state index is 8.86. The lowest BCUT2D eigenvalue weighted by molar-refractivity contribution is 0.240. The maximum absolute atomic E-state index is 8.86. The molecule has 0 spiro atoms. The van der Waals surface area contributed by atoms with E-state index in [2.05, 4.69) is 58.8 Å². The predicted molar refractivity (Wildman–Crippen MR) is 108 cm³/mol. The molecule has 0 aliphatic rings. The van der Waals surface area contributed by atoms with Gasteiger partial charge in [0, 0.05) is 32.2 Å². The summed E-state index contributed by atoms with van der Waals surface area (Å²) < 4.78 is 0. The minimum atomic E-state index is 0. The first-order chi connectivity index (χ1) is 10.7. The molecule has 0 heterocycles. The maximum Gasteiger partial charge on any atom is 0.191 e. The Balaban J connectivity index is 0.00000484. The molecule has 1 atom stereocenters. The summed E-state index contributed by atoms with van der Waals surface area (Å²) in [5.41, 5.74) is 1.33. The Bertz CT molecular complexity index is 428. The number of aliphatic imine (C=N–C) groups is 1. The summed E-state index contributed by atoms with van der Waals surface area (Å²) >= 11 is 0. The van der Waals surface area contributed by atoms with E-state index in [1.807, 2.05) is 13.0 Å². The van der Waals surface area contributed by atoms with Crippen LogP contribution in [0, 0.1) is 0 Å². The smallest absolute Gasteiger partial charge is 0.191 e. The van der Waals surface area contributed by atoms with Crippen LogP contribution in [0.5, 0.6) is 0 Å². The molecule has 0 aliphatic heterocycles. The van der Waals surface area contributed by atoms with Gasteiger partial charge in [0.2, 0.25) is 0 Å². The highest BCUT2D eigenvalue weighted by atomic mass is 127. The van der Waals surface area contributed by atoms with Gasteiger partial charge in [0.05, 0.1) is 6.61 Å². The van der Waals surface area contributed by atoms with Crippen molar-refractivity contribution in [1.82, 2.24) is 15.5 Å². The van der Waals surface area contributed by atoms with Crippen molar-refractivity contribution in [2.24, 2.45) is 4.99 Å². The van der Waals surface area contributed by atoms with Gasteiger partial charge in [-0.15, -0.1) is 24.0 Å². The number of halogens is 1. The molecular weight excluding hydrogens is 403 g/mol. The number of hydrogen-bond donors (Lipinski definition) is 3. The fraction of sp³-hybridized carbons (Fsp3) is 0.588. The Morgan fingerprint density at radius 1 is 1.26 bits per heavy atom. The van der Waals surface area contributed by atoms with Gasteiger partial charge < -0.3 is 15.7 Å². The van der Waals surface area contributed by atoms with Gasteiger partial charge in [0.15, 0.2) is 5.96 Å². The summed E-state index contributed by atoms with van der Waals surface area (Å²) in [6.07, 6.45) is 0.999. The zero-order valence-corrected chi connectivity index (χ0v) is 16.8. The molecular formula is C17H31IN4O. The third kappa shape index (κ3) is 9.78. The number of benzene rings is 1. The van der Waals surface area contributed by atoms with Crippen LogP contribution in [0.4, 0.5) is 0 Å². The number of nitrogens with zero attached hydrogens (tertiary/aromatic N) is 2. The van der Waals surface area contributed by atoms with Crippen LogP contribution in [0.15, 0.2) is 35.3 Å². The van der Waals surface area contributed by atoms with Crippen LogP contribution in [0.3, 0.4) is 0 Å². The molecule has 6 heteroatoms. The number of hydrogen-bond acceptors (Lipinski definition) is 3. The van der Waals surface area contributed by atoms with E-state index in [0.29, 0.717) is 12.6 Å². The normalized spacial score (nSPS) is 12.7. The van der Waals surface area contributed by atoms with Crippen molar-refractivity contribution < 1.29 is 5.11 Å². The second kappa shape index (κ2) is 13.6. The lowest BCUT2D eigenvalue weighted by Crippen LogP contribution is -2.39. The van der Waals surface area contributed by atoms with Gasteiger partial charge in [-0.2, -0.15) is 0 Å². The average Bonchev–Trinajstić information content (AvgIpc) is 2.53. The second-order valence-corrected chi connectivity index (χ2v) is 5.45. The van der Waals surface area contributed by atoms with E-state index >= 15 is 0 Å². The fourth-order valence-electron chi connectivity index (χ4n) is 2.13. The van der Waals surface area contributed by atoms with Crippen molar-refractivity contribution in [3.63, 3.8) is 0 Å². The summed E-state index contributed by atoms with van der Waals surface area (Å²) in [5, 5.41) is 15.1. The number of aliphatic hydroxyl groups excluding tert-OH is 1. The topological polar surface area (TPSA) is 59.9 Å². The van der Waals surface area contributed by atoms with E-state index in [-0.39, 0.29) is 30.6 Å². The quantitative estimate of drug-likeness (QED) is 0.317. The monoisotopic (exact) mass is 434 g/mol. The van der Waals surface area contributed by atoms with Gasteiger partial charge >= 0.3 is 0 Å². The Kier molecular flexibility index (Phi) is 13.1. The lowest BCUT2D eigenvalue weighted by Gasteiger charge is -2.24. The zero-order chi connectivity index (χ0) is 16.2. The molecule has 1 aromatic rings. The molecule has 1 aromatic carbocycles. The van der Waals surface area contributed by atoms with Crippen LogP contribution in [0.2, 0.25) is 0 Å². The molecule has 1 unspecified atom stereocenters. The van der Waals surface area contributed by atoms with Gasteiger partial charge in [0.1, 0.15) is 0 Å². The van der Waals surface area contributed by atoms with Gasteiger partial charge in [-0.25, -0.2) is 0 Å². The first kappa shape index (κ1) is 22.1. The highest BCUT2D eigenvalue weighted by Crippen LogP contribution is 2.08. The third-order valence-corrected chi connectivity index (χ3v) is 3.59. The van der Waals surface area contributed by atoms with Crippen LogP contribution >= 0.6 is 24.0 Å². The summed E-state index contributed by atoms with van der Waals surface area (Å²) in [6.45, 7) is 7.44. The summed E-state index contributed by atoms with van der Waals surface area (Å²) in [5.74, 6) is 0.773. The molecule has 0 fully saturated rings. The van der Waals surface area contributed by atoms with Crippen molar-refractivity contribution in [2.45, 2.75) is 32.9 Å². The molecule has 132 valence electrons. The predicted octanol–water partition coefficient (Wildman–Crippen LogP) is 2.06. The SMILES string of the molecule is CCNC(=NCCC(C)N(C)Cc1ccccc1)NCCO.I. The zero-order valence-electron chi connectivity index (χ0n) is 14.5. The summed E-state index contributed by atoms with van der Waals surface area (Å²) in [4.78, 5) is 6.88. The largest absolute Gasteiger partial charge is 0.395 e. The van der Waals surface area contributed by atoms with Gasteiger partial charge in [-0.1, -0.05) is 30.3 Å². The summed E-state index contributed by atoms with van der Waals surface area (Å²) in [6, 6.07) is 11.0. The molecule has 0 amide bonds. The van der Waals surface area contributed by atoms with Gasteiger partial charge in [-0.05, 0) is 32.9 Å². The molecule has 0 bridgehead atoms. The van der Waals surface area contributed by atoms with Crippen LogP contribution in [-0.4, -0.2) is 55.3 Å². The van der Waals surface area contributed by atoms with E-state index < -0.39 is 0 Å². The Morgan fingerprint density at radius 2 is 1.96 bits per heavy atom. The lowest BCUT2D eigenvalue weighted by atomic mass is 10.1. The molecule has 5 nitrogen and oxygen atoms in total. The molecule has 0 saturated heterocycles. The van der Waals surface area contributed by atoms with E-state index in [1.54, 1.807) is 0 Å². The molecule has 0 saturated carbocycles. The van der Waals surface area contributed by atoms with Crippen LogP contribution in [0.25, 0.3) is 0 Å². The first-order valence-corrected chi connectivity index (χ1v) is 8.04. The van der Waals surface area contributed by atoms with Crippen molar-refractivity contribution in [2.75, 3.05) is 33.3 Å². The van der Waals surface area contributed by atoms with E-state index in [0.717, 1.165) is 32.0 Å². The van der Waals surface area contributed by atoms with Crippen molar-refractivity contribution in [3.05, 3.63) is 35.9 Å². The van der Waals surface area contributed by atoms with E-state index in [1.165, 1.54) is 5.56 Å². The fourth-order valence-corrected chi connectivity index (χ4v) is 2.13. The number of guanidine groups is 1. The molecule has 0 aliphatic carbocycles. The molecule has 0 radical (unpaired) electrons. The van der Waals surface area contributed by atoms with Crippen molar-refractivity contribution in [3.8, 4) is 0 Å². The molecule has 1 rings (SSSR count). The molecule has 23 heavy (non-hydrogen) atoms. The van der Waals surface area contributed by atoms with Gasteiger partial charge in [0.25, 0.3) is 0 Å². The molecule has 0 aromatic heterocycles. The average molecular weight is 434 g/mol. The highest BCUT2D eigenvalue weighted by molar-refractivity contribution is 14.0. The highest BCUT2D eigenvalue weighted by Gasteiger charge is 2.09. The molecule has 3 N–H and O–H groups in total. The van der Waals surface area contributed by atoms with Crippen LogP contribution in [-0.2, 0) is 6.54 Å². The second-order valence-electron chi connectivity index (χ2n) is 5.45. The standard InChI is InChI=1S/C17H30N4O.HI/c1-4-18-17(20-12-13-22)19-11-10-15(2)21(3)14-16-8-6-5-7-9-16;/h5-9,15,22H,4,10-14H2,1-3H3,(H2,18,19,20);1H. The van der Waals surface area contributed by atoms with Crippen molar-refractivity contribution >= 4 is 29.9 Å². The number of rotatable bonds is 9. The summed E-state index contributed by atoms with van der Waals surface area (Å²) in [7, 11) is 2.15. The number of nitrogens with one attached hydrogen (secondary N) is 2. The van der Waals surface area contributed by atoms with Crippen LogP contribution in [0.1, 0.15) is 25.8 Å². The van der Waals surface area contributed by atoms with Gasteiger partial charge in [-0.3, -0.25) is 9.89 Å². The minimum absolute atomic E-state index is 0. The Labute approximate surface area is 157 Å². The Hall–Kier alpha value is -0.860. The van der Waals surface area contributed by atoms with E-state index in [4.69, 9.17) is 5.11 Å².